The van der Waals surface area contributed by atoms with E-state index in [1.807, 2.05) is 60.5 Å². The summed E-state index contributed by atoms with van der Waals surface area (Å²) in [5.74, 6) is 4.65. The highest BCUT2D eigenvalue weighted by Gasteiger charge is 2.19. The lowest BCUT2D eigenvalue weighted by molar-refractivity contribution is 0.174. The lowest BCUT2D eigenvalue weighted by Crippen LogP contribution is -2.12. The van der Waals surface area contributed by atoms with Gasteiger partial charge in [-0.3, -0.25) is 0 Å². The van der Waals surface area contributed by atoms with Crippen LogP contribution in [0, 0.1) is 0 Å². The van der Waals surface area contributed by atoms with E-state index < -0.39 is 0 Å². The number of ether oxygens (including phenoxy) is 4. The van der Waals surface area contributed by atoms with Crippen molar-refractivity contribution in [1.82, 2.24) is 20.2 Å². The van der Waals surface area contributed by atoms with Crippen molar-refractivity contribution < 1.29 is 18.9 Å². The molecule has 1 aliphatic rings. The fourth-order valence-corrected chi connectivity index (χ4v) is 3.56. The lowest BCUT2D eigenvalue weighted by Gasteiger charge is -2.20. The van der Waals surface area contributed by atoms with Crippen molar-refractivity contribution in [1.29, 1.82) is 0 Å². The predicted octanol–water partition coefficient (Wildman–Crippen LogP) is 4.05. The Labute approximate surface area is 184 Å². The number of pyridine rings is 1. The number of rotatable bonds is 6. The highest BCUT2D eigenvalue weighted by molar-refractivity contribution is 5.77. The van der Waals surface area contributed by atoms with Crippen molar-refractivity contribution in [2.75, 3.05) is 33.0 Å². The monoisotopic (exact) mass is 431 g/mol. The number of fused-ring (bicyclic) bond motifs is 1. The van der Waals surface area contributed by atoms with E-state index in [9.17, 15) is 0 Å². The van der Waals surface area contributed by atoms with Gasteiger partial charge in [-0.25, -0.2) is 4.98 Å². The quantitative estimate of drug-likeness (QED) is 0.489. The summed E-state index contributed by atoms with van der Waals surface area (Å²) in [6.45, 7) is 0.230. The Morgan fingerprint density at radius 2 is 1.72 bits per heavy atom. The Morgan fingerprint density at radius 3 is 2.56 bits per heavy atom. The molecule has 1 N–H and O–H groups in total. The zero-order chi connectivity index (χ0) is 22.1. The zero-order valence-corrected chi connectivity index (χ0v) is 17.8. The van der Waals surface area contributed by atoms with Crippen molar-refractivity contribution in [3.8, 4) is 45.8 Å². The minimum Gasteiger partial charge on any atom is -0.493 e. The van der Waals surface area contributed by atoms with Crippen molar-refractivity contribution in [3.63, 3.8) is 0 Å². The fraction of sp³-hybridized carbons (Fsp3) is 0.174. The topological polar surface area (TPSA) is 94.6 Å². The maximum Gasteiger partial charge on any atom is 0.231 e. The number of methoxy groups -OCH3 is 2. The van der Waals surface area contributed by atoms with Crippen molar-refractivity contribution in [2.24, 2.45) is 0 Å². The highest BCUT2D eigenvalue weighted by atomic mass is 16.7. The molecule has 0 saturated carbocycles. The van der Waals surface area contributed by atoms with Crippen LogP contribution in [-0.2, 0) is 0 Å². The fourth-order valence-electron chi connectivity index (χ4n) is 3.56. The summed E-state index contributed by atoms with van der Waals surface area (Å²) in [5.41, 5.74) is 2.55. The molecule has 0 spiro atoms. The minimum atomic E-state index is 0.230. The number of nitrogens with zero attached hydrogens (tertiary/aromatic N) is 4. The molecule has 0 amide bonds. The van der Waals surface area contributed by atoms with Gasteiger partial charge >= 0.3 is 0 Å². The molecule has 9 nitrogen and oxygen atoms in total. The molecule has 0 fully saturated rings. The Kier molecular flexibility index (Phi) is 4.98. The van der Waals surface area contributed by atoms with Gasteiger partial charge in [0.25, 0.3) is 0 Å². The summed E-state index contributed by atoms with van der Waals surface area (Å²) < 4.78 is 21.6. The minimum absolute atomic E-state index is 0.230. The second-order valence-electron chi connectivity index (χ2n) is 7.06. The predicted molar refractivity (Wildman–Crippen MR) is 119 cm³/mol. The standard InChI is InChI=1S/C23H21N5O4/c1-28(15-7-9-18-20(12-15)32-13-31-18)23-16(5-4-10-24-23)22-25-21(26-27-22)14-6-8-17(29-2)19(11-14)30-3/h4-12H,13H2,1-3H3,(H,25,26,27). The summed E-state index contributed by atoms with van der Waals surface area (Å²) in [6, 6.07) is 15.2. The summed E-state index contributed by atoms with van der Waals surface area (Å²) in [7, 11) is 5.14. The largest absolute Gasteiger partial charge is 0.493 e. The molecule has 0 bridgehead atoms. The van der Waals surface area contributed by atoms with Gasteiger partial charge in [0, 0.05) is 30.6 Å². The third-order valence-corrected chi connectivity index (χ3v) is 5.25. The van der Waals surface area contributed by atoms with Crippen LogP contribution < -0.4 is 23.8 Å². The van der Waals surface area contributed by atoms with E-state index in [2.05, 4.69) is 20.2 Å². The zero-order valence-electron chi connectivity index (χ0n) is 17.8. The number of hydrogen-bond donors (Lipinski definition) is 1. The lowest BCUT2D eigenvalue weighted by atomic mass is 10.2. The van der Waals surface area contributed by atoms with Crippen molar-refractivity contribution >= 4 is 11.5 Å². The van der Waals surface area contributed by atoms with Gasteiger partial charge in [-0.1, -0.05) is 0 Å². The van der Waals surface area contributed by atoms with Crippen LogP contribution in [-0.4, -0.2) is 48.2 Å². The Hall–Kier alpha value is -4.27. The van der Waals surface area contributed by atoms with Crippen molar-refractivity contribution in [2.45, 2.75) is 0 Å². The van der Waals surface area contributed by atoms with Crippen LogP contribution in [0.15, 0.2) is 54.7 Å². The van der Waals surface area contributed by atoms with Gasteiger partial charge in [-0.05, 0) is 42.5 Å². The molecule has 32 heavy (non-hydrogen) atoms. The van der Waals surface area contributed by atoms with Crippen LogP contribution in [0.4, 0.5) is 11.5 Å². The van der Waals surface area contributed by atoms with Crippen LogP contribution in [0.1, 0.15) is 0 Å². The molecule has 9 heteroatoms. The summed E-state index contributed by atoms with van der Waals surface area (Å²) in [6.07, 6.45) is 1.74. The number of aromatic amines is 1. The number of nitrogens with one attached hydrogen (secondary N) is 1. The van der Waals surface area contributed by atoms with Gasteiger partial charge in [0.2, 0.25) is 6.79 Å². The third kappa shape index (κ3) is 3.43. The molecule has 3 heterocycles. The van der Waals surface area contributed by atoms with E-state index in [-0.39, 0.29) is 6.79 Å². The van der Waals surface area contributed by atoms with Gasteiger partial charge in [0.1, 0.15) is 5.82 Å². The number of benzene rings is 2. The molecule has 0 unspecified atom stereocenters. The molecule has 0 radical (unpaired) electrons. The van der Waals surface area contributed by atoms with E-state index in [0.29, 0.717) is 28.9 Å². The number of hydrogen-bond acceptors (Lipinski definition) is 8. The van der Waals surface area contributed by atoms with Gasteiger partial charge in [0.05, 0.1) is 19.8 Å². The van der Waals surface area contributed by atoms with E-state index >= 15 is 0 Å². The maximum atomic E-state index is 5.51. The second-order valence-corrected chi connectivity index (χ2v) is 7.06. The molecule has 2 aromatic heterocycles. The first-order chi connectivity index (χ1) is 15.7. The van der Waals surface area contributed by atoms with Crippen LogP contribution in [0.3, 0.4) is 0 Å². The summed E-state index contributed by atoms with van der Waals surface area (Å²) in [5, 5.41) is 8.70. The van der Waals surface area contributed by atoms with Gasteiger partial charge < -0.3 is 28.8 Å². The normalized spacial score (nSPS) is 12.0. The molecular weight excluding hydrogens is 410 g/mol. The number of anilines is 2. The first kappa shape index (κ1) is 19.7. The molecule has 0 aliphatic carbocycles. The second kappa shape index (κ2) is 8.10. The number of H-pyrrole nitrogens is 1. The van der Waals surface area contributed by atoms with Gasteiger partial charge in [-0.15, -0.1) is 10.2 Å². The van der Waals surface area contributed by atoms with Crippen LogP contribution in [0.2, 0.25) is 0 Å². The Bertz CT molecular complexity index is 1270. The average Bonchev–Trinajstić information content (AvgIpc) is 3.52. The van der Waals surface area contributed by atoms with Gasteiger partial charge in [0.15, 0.2) is 34.6 Å². The molecule has 1 aliphatic heterocycles. The Balaban J connectivity index is 1.49. The van der Waals surface area contributed by atoms with E-state index in [1.54, 1.807) is 20.4 Å². The average molecular weight is 431 g/mol. The third-order valence-electron chi connectivity index (χ3n) is 5.25. The van der Waals surface area contributed by atoms with Crippen LogP contribution in [0.25, 0.3) is 22.8 Å². The molecule has 0 saturated heterocycles. The Morgan fingerprint density at radius 1 is 0.906 bits per heavy atom. The van der Waals surface area contributed by atoms with E-state index in [0.717, 1.165) is 28.4 Å². The molecule has 5 rings (SSSR count). The summed E-state index contributed by atoms with van der Waals surface area (Å²) >= 11 is 0. The molecule has 4 aromatic rings. The molecular formula is C23H21N5O4. The molecule has 2 aromatic carbocycles. The first-order valence-corrected chi connectivity index (χ1v) is 9.92. The summed E-state index contributed by atoms with van der Waals surface area (Å²) in [4.78, 5) is 9.85. The van der Waals surface area contributed by atoms with Crippen LogP contribution >= 0.6 is 0 Å². The smallest absolute Gasteiger partial charge is 0.231 e. The number of aromatic nitrogens is 4. The van der Waals surface area contributed by atoms with E-state index in [4.69, 9.17) is 18.9 Å². The molecule has 162 valence electrons. The SMILES string of the molecule is COc1ccc(-c2nnc(-c3cccnc3N(C)c3ccc4c(c3)OCO4)[nH]2)cc1OC. The van der Waals surface area contributed by atoms with Gasteiger partial charge in [-0.2, -0.15) is 0 Å². The highest BCUT2D eigenvalue weighted by Crippen LogP contribution is 2.38. The maximum absolute atomic E-state index is 5.51. The van der Waals surface area contributed by atoms with E-state index in [1.165, 1.54) is 0 Å². The van der Waals surface area contributed by atoms with Crippen LogP contribution in [0.5, 0.6) is 23.0 Å². The molecule has 0 atom stereocenters. The first-order valence-electron chi connectivity index (χ1n) is 9.92. The van der Waals surface area contributed by atoms with Crippen molar-refractivity contribution in [3.05, 3.63) is 54.7 Å².